The fraction of sp³-hybridized carbons (Fsp3) is 0.267. The number of carbonyl (C=O) groups excluding carboxylic acids is 1. The molecule has 1 aromatic heterocycles. The van der Waals surface area contributed by atoms with Crippen LogP contribution in [0.25, 0.3) is 0 Å². The van der Waals surface area contributed by atoms with E-state index < -0.39 is 17.7 Å². The lowest BCUT2D eigenvalue weighted by Gasteiger charge is -2.09. The monoisotopic (exact) mass is 520 g/mol. The van der Waals surface area contributed by atoms with Crippen molar-refractivity contribution in [2.24, 2.45) is 7.05 Å². The van der Waals surface area contributed by atoms with Crippen LogP contribution in [0.2, 0.25) is 0 Å². The van der Waals surface area contributed by atoms with Gasteiger partial charge < -0.3 is 9.47 Å². The van der Waals surface area contributed by atoms with Gasteiger partial charge in [0.1, 0.15) is 11.4 Å². The largest absolute Gasteiger partial charge is 0.494 e. The van der Waals surface area contributed by atoms with E-state index in [9.17, 15) is 18.0 Å². The molecule has 0 bridgehead atoms. The standard InChI is InChI=1S/C30H27F3N2O3/c1-3-29(36)38-21-7-5-4-6-20-37-27-16-11-23(12-17-27)8-9-24-10-13-25(28(22-24)30(31,32)33)14-15-26-18-19-35(2)34-26/h3,10-13,16-19,22H,1,4-7,20-21H2,2H3. The summed E-state index contributed by atoms with van der Waals surface area (Å²) in [6.45, 7) is 4.28. The molecule has 0 atom stereocenters. The van der Waals surface area contributed by atoms with Crippen LogP contribution in [0.1, 0.15) is 53.6 Å². The number of aromatic nitrogens is 2. The molecule has 3 rings (SSSR count). The van der Waals surface area contributed by atoms with Gasteiger partial charge in [0.25, 0.3) is 0 Å². The number of unbranched alkanes of at least 4 members (excludes halogenated alkanes) is 3. The van der Waals surface area contributed by atoms with E-state index in [4.69, 9.17) is 9.47 Å². The van der Waals surface area contributed by atoms with E-state index in [1.54, 1.807) is 43.6 Å². The van der Waals surface area contributed by atoms with Crippen molar-refractivity contribution < 1.29 is 27.4 Å². The highest BCUT2D eigenvalue weighted by Gasteiger charge is 2.33. The quantitative estimate of drug-likeness (QED) is 0.152. The molecule has 0 aliphatic carbocycles. The minimum absolute atomic E-state index is 0.133. The maximum atomic E-state index is 13.6. The van der Waals surface area contributed by atoms with Crippen molar-refractivity contribution in [2.75, 3.05) is 13.2 Å². The second kappa shape index (κ2) is 13.8. The summed E-state index contributed by atoms with van der Waals surface area (Å²) in [5.41, 5.74) is 0.306. The number of carbonyl (C=O) groups is 1. The molecule has 0 unspecified atom stereocenters. The van der Waals surface area contributed by atoms with Crippen molar-refractivity contribution in [3.8, 4) is 29.4 Å². The molecule has 0 saturated carbocycles. The Morgan fingerprint density at radius 2 is 1.63 bits per heavy atom. The molecule has 0 radical (unpaired) electrons. The summed E-state index contributed by atoms with van der Waals surface area (Å²) in [5.74, 6) is 11.2. The van der Waals surface area contributed by atoms with Gasteiger partial charge in [-0.05, 0) is 80.1 Å². The fourth-order valence-electron chi connectivity index (χ4n) is 3.34. The lowest BCUT2D eigenvalue weighted by molar-refractivity contribution is -0.138. The first kappa shape index (κ1) is 28.1. The molecule has 0 spiro atoms. The lowest BCUT2D eigenvalue weighted by Crippen LogP contribution is -2.08. The maximum Gasteiger partial charge on any atom is 0.417 e. The highest BCUT2D eigenvalue weighted by molar-refractivity contribution is 5.81. The molecule has 196 valence electrons. The molecule has 0 fully saturated rings. The van der Waals surface area contributed by atoms with E-state index in [-0.39, 0.29) is 11.1 Å². The SMILES string of the molecule is C=CC(=O)OCCCCCCOc1ccc(C#Cc2ccc(C#Cc3ccn(C)n3)c(C(F)(F)F)c2)cc1. The molecule has 38 heavy (non-hydrogen) atoms. The maximum absolute atomic E-state index is 13.6. The van der Waals surface area contributed by atoms with Crippen LogP contribution in [0.3, 0.4) is 0 Å². The van der Waals surface area contributed by atoms with Gasteiger partial charge in [-0.25, -0.2) is 4.79 Å². The van der Waals surface area contributed by atoms with E-state index in [2.05, 4.69) is 35.4 Å². The summed E-state index contributed by atoms with van der Waals surface area (Å²) >= 11 is 0. The number of hydrogen-bond donors (Lipinski definition) is 0. The van der Waals surface area contributed by atoms with Crippen LogP contribution in [0.15, 0.2) is 67.4 Å². The predicted octanol–water partition coefficient (Wildman–Crippen LogP) is 5.91. The number of hydrogen-bond acceptors (Lipinski definition) is 4. The summed E-state index contributed by atoms with van der Waals surface area (Å²) in [7, 11) is 1.71. The molecule has 1 heterocycles. The highest BCUT2D eigenvalue weighted by atomic mass is 19.4. The number of halogens is 3. The zero-order chi connectivity index (χ0) is 27.4. The molecule has 0 aliphatic rings. The van der Waals surface area contributed by atoms with Gasteiger partial charge in [-0.2, -0.15) is 18.3 Å². The van der Waals surface area contributed by atoms with E-state index in [1.807, 2.05) is 0 Å². The number of esters is 1. The van der Waals surface area contributed by atoms with Gasteiger partial charge in [-0.15, -0.1) is 0 Å². The van der Waals surface area contributed by atoms with Gasteiger partial charge in [0.2, 0.25) is 0 Å². The first-order valence-corrected chi connectivity index (χ1v) is 12.0. The Kier molecular flexibility index (Phi) is 10.2. The molecule has 0 saturated heterocycles. The molecule has 0 aliphatic heterocycles. The third-order valence-corrected chi connectivity index (χ3v) is 5.29. The Bertz CT molecular complexity index is 1370. The average Bonchev–Trinajstić information content (AvgIpc) is 3.32. The third-order valence-electron chi connectivity index (χ3n) is 5.29. The van der Waals surface area contributed by atoms with Gasteiger partial charge in [0.05, 0.1) is 18.8 Å². The van der Waals surface area contributed by atoms with Gasteiger partial charge in [-0.3, -0.25) is 4.68 Å². The predicted molar refractivity (Wildman–Crippen MR) is 138 cm³/mol. The Hall–Kier alpha value is -4.43. The topological polar surface area (TPSA) is 53.4 Å². The molecule has 3 aromatic rings. The Labute approximate surface area is 220 Å². The molecule has 0 amide bonds. The van der Waals surface area contributed by atoms with Gasteiger partial charge >= 0.3 is 12.1 Å². The first-order chi connectivity index (χ1) is 18.2. The zero-order valence-corrected chi connectivity index (χ0v) is 21.0. The average molecular weight is 521 g/mol. The molecular formula is C30H27F3N2O3. The Balaban J connectivity index is 1.54. The third kappa shape index (κ3) is 9.22. The smallest absolute Gasteiger partial charge is 0.417 e. The molecule has 0 N–H and O–H groups in total. The van der Waals surface area contributed by atoms with E-state index in [0.29, 0.717) is 30.2 Å². The van der Waals surface area contributed by atoms with Crippen LogP contribution in [-0.4, -0.2) is 29.0 Å². The van der Waals surface area contributed by atoms with E-state index >= 15 is 0 Å². The van der Waals surface area contributed by atoms with Crippen LogP contribution in [-0.2, 0) is 22.8 Å². The van der Waals surface area contributed by atoms with E-state index in [1.165, 1.54) is 16.8 Å². The highest BCUT2D eigenvalue weighted by Crippen LogP contribution is 2.32. The summed E-state index contributed by atoms with van der Waals surface area (Å²) < 4.78 is 53.1. The summed E-state index contributed by atoms with van der Waals surface area (Å²) in [6, 6.07) is 12.6. The lowest BCUT2D eigenvalue weighted by atomic mass is 10.0. The van der Waals surface area contributed by atoms with Crippen molar-refractivity contribution in [3.05, 3.63) is 95.3 Å². The molecule has 8 heteroatoms. The van der Waals surface area contributed by atoms with Crippen molar-refractivity contribution in [1.82, 2.24) is 9.78 Å². The summed E-state index contributed by atoms with van der Waals surface area (Å²) in [4.78, 5) is 11.0. The van der Waals surface area contributed by atoms with Gasteiger partial charge in [0.15, 0.2) is 0 Å². The number of ether oxygens (including phenoxy) is 2. The fourth-order valence-corrected chi connectivity index (χ4v) is 3.34. The van der Waals surface area contributed by atoms with Crippen LogP contribution >= 0.6 is 0 Å². The number of benzene rings is 2. The Morgan fingerprint density at radius 3 is 2.29 bits per heavy atom. The van der Waals surface area contributed by atoms with Crippen LogP contribution < -0.4 is 4.74 Å². The van der Waals surface area contributed by atoms with Crippen LogP contribution in [0.5, 0.6) is 5.75 Å². The van der Waals surface area contributed by atoms with Crippen LogP contribution in [0, 0.1) is 23.7 Å². The summed E-state index contributed by atoms with van der Waals surface area (Å²) in [6.07, 6.45) is 1.78. The van der Waals surface area contributed by atoms with Crippen LogP contribution in [0.4, 0.5) is 13.2 Å². The van der Waals surface area contributed by atoms with Gasteiger partial charge in [-0.1, -0.05) is 24.3 Å². The number of alkyl halides is 3. The Morgan fingerprint density at radius 1 is 0.947 bits per heavy atom. The second-order valence-corrected chi connectivity index (χ2v) is 8.29. The first-order valence-electron chi connectivity index (χ1n) is 12.0. The second-order valence-electron chi connectivity index (χ2n) is 8.29. The van der Waals surface area contributed by atoms with Crippen molar-refractivity contribution in [3.63, 3.8) is 0 Å². The minimum Gasteiger partial charge on any atom is -0.494 e. The normalized spacial score (nSPS) is 10.5. The molecule has 2 aromatic carbocycles. The molecule has 5 nitrogen and oxygen atoms in total. The van der Waals surface area contributed by atoms with Crippen molar-refractivity contribution >= 4 is 5.97 Å². The minimum atomic E-state index is -4.57. The summed E-state index contributed by atoms with van der Waals surface area (Å²) in [5, 5.41) is 4.06. The van der Waals surface area contributed by atoms with Gasteiger partial charge in [0, 0.05) is 36.0 Å². The zero-order valence-electron chi connectivity index (χ0n) is 21.0. The van der Waals surface area contributed by atoms with Crippen molar-refractivity contribution in [1.29, 1.82) is 0 Å². The van der Waals surface area contributed by atoms with E-state index in [0.717, 1.165) is 37.8 Å². The van der Waals surface area contributed by atoms with Crippen molar-refractivity contribution in [2.45, 2.75) is 31.9 Å². The number of aryl methyl sites for hydroxylation is 1. The number of nitrogens with zero attached hydrogens (tertiary/aromatic N) is 2. The molecular weight excluding hydrogens is 493 g/mol. The number of rotatable bonds is 9.